The molecule has 148 valence electrons. The summed E-state index contributed by atoms with van der Waals surface area (Å²) in [5, 5.41) is 4.56. The van der Waals surface area contributed by atoms with Crippen LogP contribution in [0.25, 0.3) is 0 Å². The van der Waals surface area contributed by atoms with Crippen LogP contribution in [0.5, 0.6) is 11.5 Å². The summed E-state index contributed by atoms with van der Waals surface area (Å²) in [6.45, 7) is 0.313. The molecule has 0 bridgehead atoms. The van der Waals surface area contributed by atoms with Crippen molar-refractivity contribution in [1.29, 1.82) is 0 Å². The number of rotatable bonds is 8. The van der Waals surface area contributed by atoms with E-state index in [-0.39, 0.29) is 12.5 Å². The van der Waals surface area contributed by atoms with Crippen molar-refractivity contribution in [2.24, 2.45) is 5.10 Å². The lowest BCUT2D eigenvalue weighted by Crippen LogP contribution is -2.24. The fraction of sp³-hybridized carbons (Fsp3) is 0.0909. The molecule has 5 nitrogen and oxygen atoms in total. The maximum absolute atomic E-state index is 11.8. The second kappa shape index (κ2) is 10.6. The smallest absolute Gasteiger partial charge is 0.277 e. The van der Waals surface area contributed by atoms with Crippen molar-refractivity contribution in [2.45, 2.75) is 6.61 Å². The van der Waals surface area contributed by atoms with E-state index < -0.39 is 0 Å². The van der Waals surface area contributed by atoms with Crippen molar-refractivity contribution < 1.29 is 14.3 Å². The van der Waals surface area contributed by atoms with Gasteiger partial charge in [-0.15, -0.1) is 0 Å². The minimum Gasteiger partial charge on any atom is -0.489 e. The molecule has 29 heavy (non-hydrogen) atoms. The molecule has 0 aliphatic heterocycles. The zero-order chi connectivity index (χ0) is 20.5. The number of hydrogen-bond donors (Lipinski definition) is 1. The number of carbonyl (C=O) groups is 1. The van der Waals surface area contributed by atoms with Gasteiger partial charge in [0.15, 0.2) is 6.61 Å². The molecule has 0 aliphatic carbocycles. The van der Waals surface area contributed by atoms with Crippen molar-refractivity contribution in [3.63, 3.8) is 0 Å². The Kier molecular flexibility index (Phi) is 7.67. The third-order valence-corrected chi connectivity index (χ3v) is 4.48. The van der Waals surface area contributed by atoms with Gasteiger partial charge in [0, 0.05) is 9.50 Å². The highest BCUT2D eigenvalue weighted by Gasteiger charge is 2.02. The van der Waals surface area contributed by atoms with Gasteiger partial charge in [-0.3, -0.25) is 4.79 Å². The first-order valence-corrected chi connectivity index (χ1v) is 9.93. The monoisotopic (exact) mass is 472 g/mol. The van der Waals surface area contributed by atoms with Gasteiger partial charge in [-0.25, -0.2) is 5.43 Å². The van der Waals surface area contributed by atoms with Crippen molar-refractivity contribution in [3.8, 4) is 11.5 Å². The van der Waals surface area contributed by atoms with Crippen LogP contribution in [0.2, 0.25) is 5.02 Å². The highest BCUT2D eigenvalue weighted by atomic mass is 79.9. The molecule has 0 radical (unpaired) electrons. The number of hydrogen-bond acceptors (Lipinski definition) is 4. The molecule has 7 heteroatoms. The van der Waals surface area contributed by atoms with Gasteiger partial charge in [0.1, 0.15) is 18.1 Å². The predicted octanol–water partition coefficient (Wildman–Crippen LogP) is 5.21. The molecule has 0 fully saturated rings. The molecule has 3 aromatic rings. The molecule has 0 spiro atoms. The summed E-state index contributed by atoms with van der Waals surface area (Å²) >= 11 is 9.25. The molecule has 0 saturated carbocycles. The van der Waals surface area contributed by atoms with Crippen LogP contribution in [0.4, 0.5) is 0 Å². The van der Waals surface area contributed by atoms with Gasteiger partial charge < -0.3 is 9.47 Å². The van der Waals surface area contributed by atoms with Gasteiger partial charge in [0.2, 0.25) is 0 Å². The van der Waals surface area contributed by atoms with E-state index in [1.807, 2.05) is 48.5 Å². The Balaban J connectivity index is 1.46. The third kappa shape index (κ3) is 7.25. The van der Waals surface area contributed by atoms with Gasteiger partial charge in [-0.2, -0.15) is 5.10 Å². The summed E-state index contributed by atoms with van der Waals surface area (Å²) in [5.41, 5.74) is 4.29. The quantitative estimate of drug-likeness (QED) is 0.361. The molecule has 0 aromatic heterocycles. The highest BCUT2D eigenvalue weighted by Crippen LogP contribution is 2.17. The summed E-state index contributed by atoms with van der Waals surface area (Å²) < 4.78 is 12.2. The average Bonchev–Trinajstić information content (AvgIpc) is 2.72. The Bertz CT molecular complexity index is 993. The maximum Gasteiger partial charge on any atom is 0.277 e. The van der Waals surface area contributed by atoms with Crippen molar-refractivity contribution >= 4 is 39.7 Å². The highest BCUT2D eigenvalue weighted by molar-refractivity contribution is 9.10. The zero-order valence-corrected chi connectivity index (χ0v) is 17.7. The van der Waals surface area contributed by atoms with Crippen LogP contribution in [-0.2, 0) is 11.4 Å². The van der Waals surface area contributed by atoms with Crippen LogP contribution < -0.4 is 14.9 Å². The summed E-state index contributed by atoms with van der Waals surface area (Å²) in [4.78, 5) is 11.8. The first-order valence-electron chi connectivity index (χ1n) is 8.76. The fourth-order valence-electron chi connectivity index (χ4n) is 2.37. The van der Waals surface area contributed by atoms with E-state index >= 15 is 0 Å². The Morgan fingerprint density at radius 3 is 2.59 bits per heavy atom. The average molecular weight is 474 g/mol. The van der Waals surface area contributed by atoms with Crippen LogP contribution in [0.3, 0.4) is 0 Å². The molecule has 0 saturated heterocycles. The number of halogens is 2. The van der Waals surface area contributed by atoms with E-state index in [0.717, 1.165) is 15.6 Å². The Morgan fingerprint density at radius 1 is 1.00 bits per heavy atom. The molecular formula is C22H18BrClN2O3. The number of hydrazone groups is 1. The first-order chi connectivity index (χ1) is 14.1. The molecule has 0 aliphatic rings. The molecule has 0 atom stereocenters. The largest absolute Gasteiger partial charge is 0.489 e. The van der Waals surface area contributed by atoms with Crippen molar-refractivity contribution in [1.82, 2.24) is 5.43 Å². The molecular weight excluding hydrogens is 456 g/mol. The summed E-state index contributed by atoms with van der Waals surface area (Å²) in [6.07, 6.45) is 1.55. The standard InChI is InChI=1S/C22H18BrClN2O3/c23-18-5-1-4-17(11-18)14-28-21-6-2-3-16(12-21)13-25-26-22(27)15-29-20-9-7-19(24)8-10-20/h1-13H,14-15H2,(H,26,27)/b25-13+. The van der Waals surface area contributed by atoms with E-state index in [2.05, 4.69) is 26.5 Å². The third-order valence-electron chi connectivity index (χ3n) is 3.74. The number of amides is 1. The number of nitrogens with one attached hydrogen (secondary N) is 1. The number of nitrogens with zero attached hydrogens (tertiary/aromatic N) is 1. The van der Waals surface area contributed by atoms with Crippen LogP contribution in [0.15, 0.2) is 82.4 Å². The lowest BCUT2D eigenvalue weighted by Gasteiger charge is -2.07. The van der Waals surface area contributed by atoms with Gasteiger partial charge in [-0.1, -0.05) is 51.8 Å². The molecule has 3 aromatic carbocycles. The van der Waals surface area contributed by atoms with Crippen LogP contribution in [0, 0.1) is 0 Å². The number of carbonyl (C=O) groups excluding carboxylic acids is 1. The summed E-state index contributed by atoms with van der Waals surface area (Å²) in [7, 11) is 0. The van der Waals surface area contributed by atoms with E-state index in [9.17, 15) is 4.79 Å². The van der Waals surface area contributed by atoms with Gasteiger partial charge in [0.25, 0.3) is 5.91 Å². The number of ether oxygens (including phenoxy) is 2. The van der Waals surface area contributed by atoms with Crippen LogP contribution in [0.1, 0.15) is 11.1 Å². The zero-order valence-electron chi connectivity index (χ0n) is 15.3. The maximum atomic E-state index is 11.8. The normalized spacial score (nSPS) is 10.7. The van der Waals surface area contributed by atoms with E-state index in [4.69, 9.17) is 21.1 Å². The lowest BCUT2D eigenvalue weighted by atomic mass is 10.2. The minimum absolute atomic E-state index is 0.144. The number of benzene rings is 3. The van der Waals surface area contributed by atoms with Crippen LogP contribution in [-0.4, -0.2) is 18.7 Å². The van der Waals surface area contributed by atoms with E-state index in [1.54, 1.807) is 30.5 Å². The minimum atomic E-state index is -0.363. The van der Waals surface area contributed by atoms with Crippen molar-refractivity contribution in [2.75, 3.05) is 6.61 Å². The Hall–Kier alpha value is -2.83. The van der Waals surface area contributed by atoms with E-state index in [1.165, 1.54) is 0 Å². The molecule has 1 N–H and O–H groups in total. The lowest BCUT2D eigenvalue weighted by molar-refractivity contribution is -0.123. The molecule has 0 heterocycles. The van der Waals surface area contributed by atoms with Crippen molar-refractivity contribution in [3.05, 3.63) is 93.4 Å². The topological polar surface area (TPSA) is 59.9 Å². The summed E-state index contributed by atoms with van der Waals surface area (Å²) in [5.74, 6) is 0.911. The predicted molar refractivity (Wildman–Crippen MR) is 118 cm³/mol. The Labute approximate surface area is 182 Å². The molecule has 1 amide bonds. The van der Waals surface area contributed by atoms with Gasteiger partial charge in [-0.05, 0) is 59.7 Å². The first kappa shape index (κ1) is 20.9. The SMILES string of the molecule is O=C(COc1ccc(Cl)cc1)N/N=C/c1cccc(OCc2cccc(Br)c2)c1. The second-order valence-corrected chi connectivity index (χ2v) is 7.38. The van der Waals surface area contributed by atoms with Crippen LogP contribution >= 0.6 is 27.5 Å². The second-order valence-electron chi connectivity index (χ2n) is 6.03. The van der Waals surface area contributed by atoms with Gasteiger partial charge >= 0.3 is 0 Å². The fourth-order valence-corrected chi connectivity index (χ4v) is 2.94. The molecule has 3 rings (SSSR count). The van der Waals surface area contributed by atoms with E-state index in [0.29, 0.717) is 23.1 Å². The van der Waals surface area contributed by atoms with Gasteiger partial charge in [0.05, 0.1) is 6.21 Å². The Morgan fingerprint density at radius 2 is 1.79 bits per heavy atom. The molecule has 0 unspecified atom stereocenters. The summed E-state index contributed by atoms with van der Waals surface area (Å²) in [6, 6.07) is 22.2.